The van der Waals surface area contributed by atoms with Gasteiger partial charge in [-0.3, -0.25) is 24.2 Å². The topological polar surface area (TPSA) is 145 Å². The van der Waals surface area contributed by atoms with E-state index in [9.17, 15) is 19.2 Å². The summed E-state index contributed by atoms with van der Waals surface area (Å²) in [5.41, 5.74) is 0.895. The first-order valence-corrected chi connectivity index (χ1v) is 15.1. The fourth-order valence-electron chi connectivity index (χ4n) is 5.74. The number of esters is 1. The summed E-state index contributed by atoms with van der Waals surface area (Å²) >= 11 is 0. The lowest BCUT2D eigenvalue weighted by molar-refractivity contribution is -0.146. The van der Waals surface area contributed by atoms with Gasteiger partial charge in [-0.05, 0) is 50.2 Å². The van der Waals surface area contributed by atoms with E-state index in [0.29, 0.717) is 46.2 Å². The zero-order valence-corrected chi connectivity index (χ0v) is 24.5. The van der Waals surface area contributed by atoms with Crippen LogP contribution in [0.25, 0.3) is 0 Å². The maximum atomic E-state index is 13.0. The number of pyridine rings is 1. The van der Waals surface area contributed by atoms with E-state index in [4.69, 9.17) is 18.9 Å². The van der Waals surface area contributed by atoms with E-state index < -0.39 is 5.92 Å². The number of nitrogens with zero attached hydrogens (tertiary/aromatic N) is 2. The predicted molar refractivity (Wildman–Crippen MR) is 151 cm³/mol. The van der Waals surface area contributed by atoms with Gasteiger partial charge in [0, 0.05) is 43.9 Å². The monoisotopic (exact) mass is 588 g/mol. The molecule has 12 nitrogen and oxygen atoms in total. The third-order valence-corrected chi connectivity index (χ3v) is 8.06. The summed E-state index contributed by atoms with van der Waals surface area (Å²) in [6, 6.07) is 3.82. The molecule has 2 heterocycles. The summed E-state index contributed by atoms with van der Waals surface area (Å²) in [4.78, 5) is 55.5. The normalized spacial score (nSPS) is 23.9. The van der Waals surface area contributed by atoms with Crippen molar-refractivity contribution in [3.63, 3.8) is 0 Å². The average molecular weight is 589 g/mol. The number of amides is 3. The molecular formula is C30H44N4O8. The van der Waals surface area contributed by atoms with E-state index in [-0.39, 0.29) is 60.6 Å². The van der Waals surface area contributed by atoms with Crippen LogP contribution in [-0.2, 0) is 38.1 Å². The highest BCUT2D eigenvalue weighted by Crippen LogP contribution is 2.44. The molecule has 0 bridgehead atoms. The zero-order valence-electron chi connectivity index (χ0n) is 24.5. The van der Waals surface area contributed by atoms with Crippen LogP contribution in [0.4, 0.5) is 0 Å². The van der Waals surface area contributed by atoms with Gasteiger partial charge >= 0.3 is 5.97 Å². The first kappa shape index (κ1) is 31.8. The van der Waals surface area contributed by atoms with E-state index in [0.717, 1.165) is 44.1 Å². The van der Waals surface area contributed by atoms with Crippen molar-refractivity contribution in [1.82, 2.24) is 20.5 Å². The summed E-state index contributed by atoms with van der Waals surface area (Å²) in [5.74, 6) is -0.826. The first-order valence-electron chi connectivity index (χ1n) is 15.1. The van der Waals surface area contributed by atoms with Crippen molar-refractivity contribution in [2.45, 2.75) is 69.5 Å². The van der Waals surface area contributed by atoms with Crippen LogP contribution in [0.5, 0.6) is 0 Å². The van der Waals surface area contributed by atoms with Crippen LogP contribution in [0.2, 0.25) is 0 Å². The molecule has 1 saturated heterocycles. The minimum atomic E-state index is -0.440. The van der Waals surface area contributed by atoms with Crippen LogP contribution in [0, 0.1) is 11.8 Å². The Labute approximate surface area is 247 Å². The Morgan fingerprint density at radius 2 is 1.64 bits per heavy atom. The number of likely N-dealkylation sites (tertiary alicyclic amines) is 1. The van der Waals surface area contributed by atoms with Gasteiger partial charge in [0.25, 0.3) is 0 Å². The van der Waals surface area contributed by atoms with Gasteiger partial charge in [0.15, 0.2) is 0 Å². The minimum absolute atomic E-state index is 0.0305. The molecule has 3 aliphatic rings. The number of carbonyl (C=O) groups excluding carboxylic acids is 4. The van der Waals surface area contributed by atoms with E-state index in [2.05, 4.69) is 15.6 Å². The molecule has 3 fully saturated rings. The molecule has 2 N–H and O–H groups in total. The lowest BCUT2D eigenvalue weighted by atomic mass is 9.86. The van der Waals surface area contributed by atoms with E-state index >= 15 is 0 Å². The Hall–Kier alpha value is -3.09. The molecule has 3 amide bonds. The van der Waals surface area contributed by atoms with Crippen LogP contribution >= 0.6 is 0 Å². The highest BCUT2D eigenvalue weighted by molar-refractivity contribution is 5.90. The van der Waals surface area contributed by atoms with Crippen molar-refractivity contribution < 1.29 is 38.1 Å². The summed E-state index contributed by atoms with van der Waals surface area (Å²) in [7, 11) is 1.41. The SMILES string of the molecule is COC(=O)C1CCC(NC(=O)CCOCCOCCOCCNC(=O)[C@H]2CC(=O)N(C3CC3)[C@@H]2c2cccnc2)CC1. The highest BCUT2D eigenvalue weighted by atomic mass is 16.5. The Bertz CT molecular complexity index is 1030. The lowest BCUT2D eigenvalue weighted by Crippen LogP contribution is -2.39. The Kier molecular flexibility index (Phi) is 12.5. The number of aromatic nitrogens is 1. The molecule has 0 radical (unpaired) electrons. The van der Waals surface area contributed by atoms with E-state index in [1.165, 1.54) is 7.11 Å². The second-order valence-corrected chi connectivity index (χ2v) is 11.1. The van der Waals surface area contributed by atoms with Gasteiger partial charge in [-0.2, -0.15) is 0 Å². The second-order valence-electron chi connectivity index (χ2n) is 11.1. The van der Waals surface area contributed by atoms with Crippen LogP contribution in [0.15, 0.2) is 24.5 Å². The molecule has 0 spiro atoms. The average Bonchev–Trinajstić information content (AvgIpc) is 3.79. The molecule has 1 aliphatic heterocycles. The maximum Gasteiger partial charge on any atom is 0.308 e. The fourth-order valence-corrected chi connectivity index (χ4v) is 5.74. The summed E-state index contributed by atoms with van der Waals surface area (Å²) < 4.78 is 21.3. The number of ether oxygens (including phenoxy) is 4. The first-order chi connectivity index (χ1) is 20.5. The van der Waals surface area contributed by atoms with Crippen molar-refractivity contribution in [2.75, 3.05) is 53.3 Å². The molecule has 232 valence electrons. The van der Waals surface area contributed by atoms with Gasteiger partial charge in [0.05, 0.1) is 64.6 Å². The Balaban J connectivity index is 0.984. The van der Waals surface area contributed by atoms with Crippen molar-refractivity contribution in [2.24, 2.45) is 11.8 Å². The quantitative estimate of drug-likeness (QED) is 0.204. The summed E-state index contributed by atoms with van der Waals surface area (Å²) in [5, 5.41) is 5.93. The third-order valence-electron chi connectivity index (χ3n) is 8.06. The minimum Gasteiger partial charge on any atom is -0.469 e. The lowest BCUT2D eigenvalue weighted by Gasteiger charge is -2.28. The molecule has 1 aromatic heterocycles. The molecule has 1 aromatic rings. The largest absolute Gasteiger partial charge is 0.469 e. The van der Waals surface area contributed by atoms with Gasteiger partial charge in [0.2, 0.25) is 17.7 Å². The maximum absolute atomic E-state index is 13.0. The van der Waals surface area contributed by atoms with Gasteiger partial charge in [0.1, 0.15) is 0 Å². The van der Waals surface area contributed by atoms with Crippen molar-refractivity contribution in [3.05, 3.63) is 30.1 Å². The number of methoxy groups -OCH3 is 1. The van der Waals surface area contributed by atoms with E-state index in [1.807, 2.05) is 17.0 Å². The van der Waals surface area contributed by atoms with Gasteiger partial charge in [-0.15, -0.1) is 0 Å². The number of hydrogen-bond donors (Lipinski definition) is 2. The molecule has 2 saturated carbocycles. The molecule has 2 aliphatic carbocycles. The Morgan fingerprint density at radius 3 is 2.29 bits per heavy atom. The molecular weight excluding hydrogens is 544 g/mol. The standard InChI is InChI=1S/C30H44N4O8/c1-39-30(38)21-4-6-23(7-5-21)33-26(35)10-13-40-15-17-42-18-16-41-14-12-32-29(37)25-19-27(36)34(24-8-9-24)28(25)22-3-2-11-31-20-22/h2-3,11,20-21,23-25,28H,4-10,12-19H2,1H3,(H,32,37)(H,33,35)/t21?,23?,25-,28+/m0/s1. The van der Waals surface area contributed by atoms with E-state index in [1.54, 1.807) is 12.4 Å². The number of rotatable bonds is 17. The fraction of sp³-hybridized carbons (Fsp3) is 0.700. The summed E-state index contributed by atoms with van der Waals surface area (Å²) in [6.45, 7) is 2.55. The Morgan fingerprint density at radius 1 is 0.952 bits per heavy atom. The zero-order chi connectivity index (χ0) is 29.7. The van der Waals surface area contributed by atoms with Gasteiger partial charge < -0.3 is 34.5 Å². The number of nitrogens with one attached hydrogen (secondary N) is 2. The van der Waals surface area contributed by atoms with Crippen LogP contribution < -0.4 is 10.6 Å². The molecule has 0 aromatic carbocycles. The molecule has 2 atom stereocenters. The smallest absolute Gasteiger partial charge is 0.308 e. The van der Waals surface area contributed by atoms with Crippen LogP contribution in [-0.4, -0.2) is 99.0 Å². The van der Waals surface area contributed by atoms with Crippen molar-refractivity contribution in [3.8, 4) is 0 Å². The number of hydrogen-bond acceptors (Lipinski definition) is 9. The molecule has 42 heavy (non-hydrogen) atoms. The molecule has 4 rings (SSSR count). The van der Waals surface area contributed by atoms with Gasteiger partial charge in [-0.25, -0.2) is 0 Å². The molecule has 0 unspecified atom stereocenters. The van der Waals surface area contributed by atoms with Crippen molar-refractivity contribution >= 4 is 23.7 Å². The number of carbonyl (C=O) groups is 4. The van der Waals surface area contributed by atoms with Gasteiger partial charge in [-0.1, -0.05) is 6.07 Å². The molecule has 12 heteroatoms. The predicted octanol–water partition coefficient (Wildman–Crippen LogP) is 1.54. The summed E-state index contributed by atoms with van der Waals surface area (Å²) in [6.07, 6.45) is 8.92. The van der Waals surface area contributed by atoms with Crippen molar-refractivity contribution in [1.29, 1.82) is 0 Å². The van der Waals surface area contributed by atoms with Crippen LogP contribution in [0.1, 0.15) is 63.0 Å². The highest BCUT2D eigenvalue weighted by Gasteiger charge is 2.49. The second kappa shape index (κ2) is 16.5. The third kappa shape index (κ3) is 9.47. The van der Waals surface area contributed by atoms with Crippen LogP contribution in [0.3, 0.4) is 0 Å².